The van der Waals surface area contributed by atoms with E-state index in [1.54, 1.807) is 6.92 Å². The Labute approximate surface area is 87.4 Å². The summed E-state index contributed by atoms with van der Waals surface area (Å²) in [6.07, 6.45) is 4.90. The van der Waals surface area contributed by atoms with Gasteiger partial charge in [-0.25, -0.2) is 9.78 Å². The van der Waals surface area contributed by atoms with E-state index in [1.807, 2.05) is 19.1 Å². The van der Waals surface area contributed by atoms with E-state index in [4.69, 9.17) is 9.84 Å². The Bertz CT molecular complexity index is 388. The second-order valence-electron chi connectivity index (χ2n) is 2.84. The molecule has 0 spiro atoms. The molecule has 1 heterocycles. The smallest absolute Gasteiger partial charge is 0.339 e. The van der Waals surface area contributed by atoms with E-state index in [0.717, 1.165) is 0 Å². The van der Waals surface area contributed by atoms with Crippen molar-refractivity contribution in [1.29, 1.82) is 0 Å². The van der Waals surface area contributed by atoms with E-state index in [1.165, 1.54) is 6.20 Å². The summed E-state index contributed by atoms with van der Waals surface area (Å²) < 4.78 is 5.16. The van der Waals surface area contributed by atoms with E-state index < -0.39 is 5.97 Å². The standard InChI is InChI=1S/C10H12N2O3/c1-3-4-5-15-10-11-6-8(9(13)14)7(2)12-10/h3-4,6H,5H2,1-2H3,(H,13,14)/b4-3+. The Morgan fingerprint density at radius 2 is 2.40 bits per heavy atom. The lowest BCUT2D eigenvalue weighted by atomic mass is 10.2. The Morgan fingerprint density at radius 3 is 2.93 bits per heavy atom. The molecule has 1 N–H and O–H groups in total. The summed E-state index contributed by atoms with van der Waals surface area (Å²) in [7, 11) is 0. The van der Waals surface area contributed by atoms with Crippen LogP contribution in [0.5, 0.6) is 6.01 Å². The number of aryl methyl sites for hydroxylation is 1. The van der Waals surface area contributed by atoms with E-state index in [-0.39, 0.29) is 11.6 Å². The van der Waals surface area contributed by atoms with Crippen LogP contribution in [0.4, 0.5) is 0 Å². The number of hydrogen-bond acceptors (Lipinski definition) is 4. The molecule has 0 radical (unpaired) electrons. The van der Waals surface area contributed by atoms with Gasteiger partial charge >= 0.3 is 12.0 Å². The largest absolute Gasteiger partial charge is 0.478 e. The first kappa shape index (κ1) is 11.2. The van der Waals surface area contributed by atoms with Gasteiger partial charge in [-0.15, -0.1) is 0 Å². The predicted molar refractivity (Wildman–Crippen MR) is 54.0 cm³/mol. The van der Waals surface area contributed by atoms with Gasteiger partial charge in [0.05, 0.1) is 11.3 Å². The maximum Gasteiger partial charge on any atom is 0.339 e. The fraction of sp³-hybridized carbons (Fsp3) is 0.300. The fourth-order valence-corrected chi connectivity index (χ4v) is 0.944. The summed E-state index contributed by atoms with van der Waals surface area (Å²) in [5.41, 5.74) is 0.487. The van der Waals surface area contributed by atoms with Gasteiger partial charge in [0, 0.05) is 6.20 Å². The highest BCUT2D eigenvalue weighted by Gasteiger charge is 2.09. The minimum absolute atomic E-state index is 0.0911. The molecular weight excluding hydrogens is 196 g/mol. The van der Waals surface area contributed by atoms with Crippen LogP contribution in [0, 0.1) is 6.92 Å². The van der Waals surface area contributed by atoms with Gasteiger partial charge in [-0.05, 0) is 13.8 Å². The van der Waals surface area contributed by atoms with E-state index >= 15 is 0 Å². The number of nitrogens with zero attached hydrogens (tertiary/aromatic N) is 2. The average Bonchev–Trinajstić information content (AvgIpc) is 2.17. The topological polar surface area (TPSA) is 72.3 Å². The van der Waals surface area contributed by atoms with E-state index in [0.29, 0.717) is 12.3 Å². The number of rotatable bonds is 4. The first-order chi connectivity index (χ1) is 7.15. The third kappa shape index (κ3) is 3.05. The summed E-state index contributed by atoms with van der Waals surface area (Å²) in [5.74, 6) is -1.03. The molecule has 0 atom stereocenters. The molecule has 5 heteroatoms. The predicted octanol–water partition coefficient (Wildman–Crippen LogP) is 1.44. The van der Waals surface area contributed by atoms with Gasteiger partial charge in [0.2, 0.25) is 0 Å². The van der Waals surface area contributed by atoms with Gasteiger partial charge in [0.15, 0.2) is 0 Å². The van der Waals surface area contributed by atoms with Crippen molar-refractivity contribution >= 4 is 5.97 Å². The summed E-state index contributed by atoms with van der Waals surface area (Å²) in [6, 6.07) is 0.190. The Kier molecular flexibility index (Phi) is 3.79. The first-order valence-electron chi connectivity index (χ1n) is 4.46. The van der Waals surface area contributed by atoms with Crippen molar-refractivity contribution in [1.82, 2.24) is 9.97 Å². The molecule has 1 aromatic heterocycles. The van der Waals surface area contributed by atoms with Crippen molar-refractivity contribution in [3.05, 3.63) is 29.6 Å². The number of carboxylic acid groups (broad SMARTS) is 1. The molecule has 0 fully saturated rings. The number of aromatic nitrogens is 2. The van der Waals surface area contributed by atoms with Crippen LogP contribution < -0.4 is 4.74 Å². The Balaban J connectivity index is 2.77. The van der Waals surface area contributed by atoms with Crippen LogP contribution in [0.2, 0.25) is 0 Å². The molecule has 5 nitrogen and oxygen atoms in total. The molecule has 0 aromatic carbocycles. The molecule has 80 valence electrons. The van der Waals surface area contributed by atoms with Crippen molar-refractivity contribution in [2.24, 2.45) is 0 Å². The quantitative estimate of drug-likeness (QED) is 0.758. The molecule has 1 aromatic rings. The van der Waals surface area contributed by atoms with Gasteiger partial charge in [0.1, 0.15) is 6.61 Å². The van der Waals surface area contributed by atoms with Crippen molar-refractivity contribution in [2.45, 2.75) is 13.8 Å². The highest BCUT2D eigenvalue weighted by atomic mass is 16.5. The number of aromatic carboxylic acids is 1. The lowest BCUT2D eigenvalue weighted by molar-refractivity contribution is 0.0695. The monoisotopic (exact) mass is 208 g/mol. The van der Waals surface area contributed by atoms with E-state index in [2.05, 4.69) is 9.97 Å². The average molecular weight is 208 g/mol. The number of allylic oxidation sites excluding steroid dienone is 1. The Hall–Kier alpha value is -1.91. The van der Waals surface area contributed by atoms with Crippen LogP contribution in [-0.2, 0) is 0 Å². The van der Waals surface area contributed by atoms with Crippen LogP contribution in [0.15, 0.2) is 18.3 Å². The first-order valence-corrected chi connectivity index (χ1v) is 4.46. The van der Waals surface area contributed by atoms with Crippen LogP contribution >= 0.6 is 0 Å². The molecule has 0 amide bonds. The molecule has 0 aliphatic carbocycles. The van der Waals surface area contributed by atoms with Crippen molar-refractivity contribution < 1.29 is 14.6 Å². The fourth-order valence-electron chi connectivity index (χ4n) is 0.944. The third-order valence-electron chi connectivity index (χ3n) is 1.73. The maximum absolute atomic E-state index is 10.7. The Morgan fingerprint density at radius 1 is 1.67 bits per heavy atom. The highest BCUT2D eigenvalue weighted by molar-refractivity contribution is 5.88. The minimum atomic E-state index is -1.03. The highest BCUT2D eigenvalue weighted by Crippen LogP contribution is 2.08. The number of carbonyl (C=O) groups is 1. The third-order valence-corrected chi connectivity index (χ3v) is 1.73. The molecular formula is C10H12N2O3. The molecule has 0 aliphatic rings. The summed E-state index contributed by atoms with van der Waals surface area (Å²) in [6.45, 7) is 3.86. The number of ether oxygens (including phenoxy) is 1. The second kappa shape index (κ2) is 5.09. The van der Waals surface area contributed by atoms with Crippen molar-refractivity contribution in [3.63, 3.8) is 0 Å². The minimum Gasteiger partial charge on any atom is -0.478 e. The van der Waals surface area contributed by atoms with Gasteiger partial charge in [0.25, 0.3) is 0 Å². The molecule has 0 aliphatic heterocycles. The summed E-state index contributed by atoms with van der Waals surface area (Å²) in [5, 5.41) is 8.74. The lowest BCUT2D eigenvalue weighted by Gasteiger charge is -2.03. The summed E-state index contributed by atoms with van der Waals surface area (Å²) >= 11 is 0. The normalized spacial score (nSPS) is 10.5. The van der Waals surface area contributed by atoms with Gasteiger partial charge < -0.3 is 9.84 Å². The molecule has 0 bridgehead atoms. The van der Waals surface area contributed by atoms with Gasteiger partial charge in [-0.1, -0.05) is 12.2 Å². The number of carboxylic acids is 1. The van der Waals surface area contributed by atoms with Crippen LogP contribution in [0.3, 0.4) is 0 Å². The zero-order valence-corrected chi connectivity index (χ0v) is 8.60. The van der Waals surface area contributed by atoms with Crippen LogP contribution in [0.25, 0.3) is 0 Å². The van der Waals surface area contributed by atoms with Gasteiger partial charge in [-0.2, -0.15) is 4.98 Å². The summed E-state index contributed by atoms with van der Waals surface area (Å²) in [4.78, 5) is 18.4. The van der Waals surface area contributed by atoms with Gasteiger partial charge in [-0.3, -0.25) is 0 Å². The lowest BCUT2D eigenvalue weighted by Crippen LogP contribution is -2.06. The zero-order chi connectivity index (χ0) is 11.3. The van der Waals surface area contributed by atoms with Crippen LogP contribution in [0.1, 0.15) is 23.0 Å². The SMILES string of the molecule is C/C=C/COc1ncc(C(=O)O)c(C)n1. The van der Waals surface area contributed by atoms with Crippen molar-refractivity contribution in [2.75, 3.05) is 6.61 Å². The molecule has 1 rings (SSSR count). The molecule has 15 heavy (non-hydrogen) atoms. The van der Waals surface area contributed by atoms with Crippen molar-refractivity contribution in [3.8, 4) is 6.01 Å². The number of hydrogen-bond donors (Lipinski definition) is 1. The van der Waals surface area contributed by atoms with E-state index in [9.17, 15) is 4.79 Å². The van der Waals surface area contributed by atoms with Crippen LogP contribution in [-0.4, -0.2) is 27.7 Å². The maximum atomic E-state index is 10.7. The molecule has 0 unspecified atom stereocenters. The molecule has 0 saturated heterocycles. The zero-order valence-electron chi connectivity index (χ0n) is 8.60. The molecule has 0 saturated carbocycles. The second-order valence-corrected chi connectivity index (χ2v) is 2.84.